The van der Waals surface area contributed by atoms with Crippen molar-refractivity contribution >= 4 is 0 Å². The molecule has 1 N–H and O–H groups in total. The molecule has 0 saturated carbocycles. The highest BCUT2D eigenvalue weighted by Gasteiger charge is 2.18. The van der Waals surface area contributed by atoms with E-state index in [4.69, 9.17) is 5.11 Å². The predicted molar refractivity (Wildman–Crippen MR) is 32.7 cm³/mol. The van der Waals surface area contributed by atoms with Crippen LogP contribution in [0.5, 0.6) is 0 Å². The number of halogens is 1. The van der Waals surface area contributed by atoms with Gasteiger partial charge in [0.2, 0.25) is 0 Å². The first-order chi connectivity index (χ1) is 4.36. The first-order valence-electron chi connectivity index (χ1n) is 2.98. The van der Waals surface area contributed by atoms with Crippen molar-refractivity contribution in [1.82, 2.24) is 4.90 Å². The fourth-order valence-electron chi connectivity index (χ4n) is 0.897. The molecule has 0 amide bonds. The third kappa shape index (κ3) is 1.50. The first kappa shape index (κ1) is 6.71. The van der Waals surface area contributed by atoms with Gasteiger partial charge >= 0.3 is 0 Å². The van der Waals surface area contributed by atoms with Gasteiger partial charge in [0.25, 0.3) is 0 Å². The number of likely N-dealkylation sites (tertiary alicyclic amines) is 1. The van der Waals surface area contributed by atoms with Gasteiger partial charge < -0.3 is 5.11 Å². The maximum absolute atomic E-state index is 11.6. The van der Waals surface area contributed by atoms with Gasteiger partial charge in [-0.3, -0.25) is 4.90 Å². The Morgan fingerprint density at radius 2 is 2.33 bits per heavy atom. The summed E-state index contributed by atoms with van der Waals surface area (Å²) in [5, 5.41) is 8.41. The highest BCUT2D eigenvalue weighted by atomic mass is 19.1. The van der Waals surface area contributed by atoms with E-state index >= 15 is 0 Å². The molecule has 9 heavy (non-hydrogen) atoms. The zero-order valence-electron chi connectivity index (χ0n) is 5.18. The molecular weight excluding hydrogens is 121 g/mol. The lowest BCUT2D eigenvalue weighted by Crippen LogP contribution is -2.41. The van der Waals surface area contributed by atoms with Crippen LogP contribution >= 0.6 is 0 Å². The van der Waals surface area contributed by atoms with Gasteiger partial charge in [-0.05, 0) is 5.57 Å². The molecule has 52 valence electrons. The van der Waals surface area contributed by atoms with Crippen LogP contribution in [-0.4, -0.2) is 36.2 Å². The van der Waals surface area contributed by atoms with E-state index in [2.05, 4.69) is 0 Å². The van der Waals surface area contributed by atoms with E-state index in [1.807, 2.05) is 4.90 Å². The highest BCUT2D eigenvalue weighted by Crippen LogP contribution is 2.12. The number of nitrogens with zero attached hydrogens (tertiary/aromatic N) is 1. The summed E-state index contributed by atoms with van der Waals surface area (Å²) < 4.78 is 11.6. The summed E-state index contributed by atoms with van der Waals surface area (Å²) in [4.78, 5) is 1.98. The number of hydrogen-bond donors (Lipinski definition) is 1. The van der Waals surface area contributed by atoms with E-state index in [0.29, 0.717) is 26.0 Å². The molecule has 0 aliphatic carbocycles. The number of aliphatic hydroxyl groups is 1. The van der Waals surface area contributed by atoms with Crippen LogP contribution in [0.1, 0.15) is 0 Å². The number of β-amino-alcohol motifs (C(OH)–C–C–N with tert-alkyl or cyclic N) is 1. The summed E-state index contributed by atoms with van der Waals surface area (Å²) in [5.74, 6) is 0. The van der Waals surface area contributed by atoms with Gasteiger partial charge in [0.15, 0.2) is 0 Å². The van der Waals surface area contributed by atoms with Gasteiger partial charge in [0.1, 0.15) is 0 Å². The normalized spacial score (nSPS) is 19.6. The first-order valence-corrected chi connectivity index (χ1v) is 2.98. The van der Waals surface area contributed by atoms with Crippen LogP contribution in [0.3, 0.4) is 0 Å². The van der Waals surface area contributed by atoms with Crippen molar-refractivity contribution < 1.29 is 9.50 Å². The monoisotopic (exact) mass is 131 g/mol. The molecule has 1 heterocycles. The van der Waals surface area contributed by atoms with Crippen LogP contribution in [0, 0.1) is 0 Å². The zero-order valence-corrected chi connectivity index (χ0v) is 5.18. The molecule has 0 aromatic heterocycles. The molecule has 1 fully saturated rings. The van der Waals surface area contributed by atoms with Crippen molar-refractivity contribution in [1.29, 1.82) is 0 Å². The summed E-state index contributed by atoms with van der Waals surface area (Å²) in [6, 6.07) is 0. The lowest BCUT2D eigenvalue weighted by molar-refractivity contribution is 0.179. The maximum Gasteiger partial charge on any atom is 0.0884 e. The average Bonchev–Trinajstić information content (AvgIpc) is 1.77. The highest BCUT2D eigenvalue weighted by molar-refractivity contribution is 5.11. The van der Waals surface area contributed by atoms with E-state index in [9.17, 15) is 4.39 Å². The van der Waals surface area contributed by atoms with Crippen LogP contribution < -0.4 is 0 Å². The SMILES string of the molecule is OCCN1CC(=CF)C1. The maximum atomic E-state index is 11.6. The van der Waals surface area contributed by atoms with Crippen LogP contribution in [-0.2, 0) is 0 Å². The molecule has 2 nitrogen and oxygen atoms in total. The third-order valence-corrected chi connectivity index (χ3v) is 1.42. The lowest BCUT2D eigenvalue weighted by atomic mass is 10.1. The number of rotatable bonds is 2. The van der Waals surface area contributed by atoms with Crippen molar-refractivity contribution in [3.63, 3.8) is 0 Å². The predicted octanol–water partition coefficient (Wildman–Crippen LogP) is 0.148. The molecule has 0 unspecified atom stereocenters. The summed E-state index contributed by atoms with van der Waals surface area (Å²) in [6.45, 7) is 2.21. The molecule has 1 saturated heterocycles. The Labute approximate surface area is 53.6 Å². The zero-order chi connectivity index (χ0) is 6.69. The lowest BCUT2D eigenvalue weighted by Gasteiger charge is -2.32. The number of aliphatic hydroxyl groups excluding tert-OH is 1. The van der Waals surface area contributed by atoms with Gasteiger partial charge in [-0.1, -0.05) is 0 Å². The van der Waals surface area contributed by atoms with Crippen LogP contribution in [0.25, 0.3) is 0 Å². The molecule has 0 spiro atoms. The van der Waals surface area contributed by atoms with Gasteiger partial charge in [-0.2, -0.15) is 0 Å². The standard InChI is InChI=1S/C6H10FNO/c7-3-6-4-8(5-6)1-2-9/h3,9H,1-2,4-5H2. The van der Waals surface area contributed by atoms with E-state index in [1.54, 1.807) is 0 Å². The molecule has 0 aromatic rings. The molecule has 3 heteroatoms. The molecule has 0 atom stereocenters. The third-order valence-electron chi connectivity index (χ3n) is 1.42. The quantitative estimate of drug-likeness (QED) is 0.576. The van der Waals surface area contributed by atoms with Gasteiger partial charge in [-0.15, -0.1) is 0 Å². The van der Waals surface area contributed by atoms with Crippen molar-refractivity contribution in [2.24, 2.45) is 0 Å². The Bertz CT molecular complexity index is 116. The minimum atomic E-state index is 0.166. The Morgan fingerprint density at radius 1 is 1.67 bits per heavy atom. The summed E-state index contributed by atoms with van der Waals surface area (Å²) in [7, 11) is 0. The minimum absolute atomic E-state index is 0.166. The molecule has 0 aromatic carbocycles. The summed E-state index contributed by atoms with van der Waals surface area (Å²) in [6.07, 6.45) is 0.647. The van der Waals surface area contributed by atoms with E-state index in [-0.39, 0.29) is 6.61 Å². The molecular formula is C6H10FNO. The van der Waals surface area contributed by atoms with Crippen molar-refractivity contribution in [3.8, 4) is 0 Å². The smallest absolute Gasteiger partial charge is 0.0884 e. The second-order valence-electron chi connectivity index (χ2n) is 2.20. The summed E-state index contributed by atoms with van der Waals surface area (Å²) >= 11 is 0. The molecule has 0 radical (unpaired) electrons. The second-order valence-corrected chi connectivity index (χ2v) is 2.20. The van der Waals surface area contributed by atoms with Crippen molar-refractivity contribution in [2.75, 3.05) is 26.2 Å². The fourth-order valence-corrected chi connectivity index (χ4v) is 0.897. The molecule has 0 bridgehead atoms. The fraction of sp³-hybridized carbons (Fsp3) is 0.667. The van der Waals surface area contributed by atoms with Gasteiger partial charge in [0, 0.05) is 19.6 Å². The van der Waals surface area contributed by atoms with Gasteiger partial charge in [-0.25, -0.2) is 4.39 Å². The van der Waals surface area contributed by atoms with E-state index < -0.39 is 0 Å². The van der Waals surface area contributed by atoms with E-state index in [1.165, 1.54) is 0 Å². The summed E-state index contributed by atoms with van der Waals surface area (Å²) in [5.41, 5.74) is 0.823. The topological polar surface area (TPSA) is 23.5 Å². The Kier molecular flexibility index (Phi) is 2.19. The molecule has 1 aliphatic heterocycles. The van der Waals surface area contributed by atoms with E-state index in [0.717, 1.165) is 5.57 Å². The van der Waals surface area contributed by atoms with Crippen molar-refractivity contribution in [2.45, 2.75) is 0 Å². The largest absolute Gasteiger partial charge is 0.395 e. The average molecular weight is 131 g/mol. The molecule has 1 rings (SSSR count). The Morgan fingerprint density at radius 3 is 2.78 bits per heavy atom. The number of hydrogen-bond acceptors (Lipinski definition) is 2. The van der Waals surface area contributed by atoms with Crippen LogP contribution in [0.4, 0.5) is 4.39 Å². The minimum Gasteiger partial charge on any atom is -0.395 e. The Hall–Kier alpha value is -0.410. The Balaban J connectivity index is 2.12. The van der Waals surface area contributed by atoms with Crippen LogP contribution in [0.15, 0.2) is 11.9 Å². The molecule has 1 aliphatic rings. The van der Waals surface area contributed by atoms with Crippen molar-refractivity contribution in [3.05, 3.63) is 11.9 Å². The van der Waals surface area contributed by atoms with Gasteiger partial charge in [0.05, 0.1) is 12.9 Å². The second kappa shape index (κ2) is 2.94. The van der Waals surface area contributed by atoms with Crippen LogP contribution in [0.2, 0.25) is 0 Å².